The van der Waals surface area contributed by atoms with Gasteiger partial charge in [0.15, 0.2) is 6.61 Å². The van der Waals surface area contributed by atoms with Gasteiger partial charge in [-0.3, -0.25) is 9.59 Å². The lowest BCUT2D eigenvalue weighted by molar-refractivity contribution is -0.150. The van der Waals surface area contributed by atoms with E-state index < -0.39 is 17.9 Å². The summed E-state index contributed by atoms with van der Waals surface area (Å²) in [7, 11) is 0. The SMILES string of the molecule is O=C(COC(=O)C1CCC(=O)N1)NCc1ccc(Cl)cc1. The van der Waals surface area contributed by atoms with Gasteiger partial charge in [0.05, 0.1) is 0 Å². The number of hydrogen-bond acceptors (Lipinski definition) is 4. The Morgan fingerprint density at radius 3 is 2.67 bits per heavy atom. The van der Waals surface area contributed by atoms with Crippen LogP contribution in [0.15, 0.2) is 24.3 Å². The molecule has 1 atom stereocenters. The number of carbonyl (C=O) groups is 3. The van der Waals surface area contributed by atoms with E-state index in [1.54, 1.807) is 24.3 Å². The highest BCUT2D eigenvalue weighted by Gasteiger charge is 2.28. The smallest absolute Gasteiger partial charge is 0.329 e. The van der Waals surface area contributed by atoms with Gasteiger partial charge < -0.3 is 15.4 Å². The van der Waals surface area contributed by atoms with E-state index in [0.717, 1.165) is 5.56 Å². The summed E-state index contributed by atoms with van der Waals surface area (Å²) in [5.74, 6) is -1.16. The quantitative estimate of drug-likeness (QED) is 0.787. The second-order valence-electron chi connectivity index (χ2n) is 4.67. The summed E-state index contributed by atoms with van der Waals surface area (Å²) in [5, 5.41) is 5.73. The van der Waals surface area contributed by atoms with Crippen molar-refractivity contribution >= 4 is 29.4 Å². The van der Waals surface area contributed by atoms with Crippen LogP contribution in [0.1, 0.15) is 18.4 Å². The summed E-state index contributed by atoms with van der Waals surface area (Å²) in [5.41, 5.74) is 0.891. The van der Waals surface area contributed by atoms with E-state index in [4.69, 9.17) is 16.3 Å². The third kappa shape index (κ3) is 4.75. The average Bonchev–Trinajstić information content (AvgIpc) is 2.91. The molecule has 1 fully saturated rings. The summed E-state index contributed by atoms with van der Waals surface area (Å²) in [6, 6.07) is 6.41. The van der Waals surface area contributed by atoms with Gasteiger partial charge in [0.1, 0.15) is 6.04 Å². The molecule has 21 heavy (non-hydrogen) atoms. The molecule has 1 heterocycles. The average molecular weight is 311 g/mol. The van der Waals surface area contributed by atoms with Crippen LogP contribution < -0.4 is 10.6 Å². The minimum absolute atomic E-state index is 0.177. The fourth-order valence-corrected chi connectivity index (χ4v) is 2.01. The molecule has 0 aliphatic carbocycles. The third-order valence-corrected chi connectivity index (χ3v) is 3.28. The molecule has 1 saturated heterocycles. The Kier molecular flexibility index (Phi) is 5.16. The molecule has 0 aromatic heterocycles. The van der Waals surface area contributed by atoms with E-state index in [1.165, 1.54) is 0 Å². The number of rotatable bonds is 5. The molecule has 0 spiro atoms. The molecule has 2 amide bonds. The predicted octanol–water partition coefficient (Wildman–Crippen LogP) is 0.778. The van der Waals surface area contributed by atoms with E-state index in [-0.39, 0.29) is 12.5 Å². The Balaban J connectivity index is 1.68. The number of halogens is 1. The van der Waals surface area contributed by atoms with Gasteiger partial charge in [-0.15, -0.1) is 0 Å². The lowest BCUT2D eigenvalue weighted by Gasteiger charge is -2.10. The number of carbonyl (C=O) groups excluding carboxylic acids is 3. The lowest BCUT2D eigenvalue weighted by Crippen LogP contribution is -2.37. The van der Waals surface area contributed by atoms with Crippen LogP contribution in [0.3, 0.4) is 0 Å². The molecule has 2 N–H and O–H groups in total. The van der Waals surface area contributed by atoms with E-state index >= 15 is 0 Å². The van der Waals surface area contributed by atoms with E-state index in [9.17, 15) is 14.4 Å². The van der Waals surface area contributed by atoms with Crippen LogP contribution in [-0.2, 0) is 25.7 Å². The minimum atomic E-state index is -0.637. The summed E-state index contributed by atoms with van der Waals surface area (Å²) in [4.78, 5) is 34.1. The molecule has 1 unspecified atom stereocenters. The third-order valence-electron chi connectivity index (χ3n) is 3.03. The Bertz CT molecular complexity index is 544. The molecule has 1 aromatic carbocycles. The van der Waals surface area contributed by atoms with Crippen LogP contribution in [-0.4, -0.2) is 30.4 Å². The van der Waals surface area contributed by atoms with Crippen molar-refractivity contribution in [2.24, 2.45) is 0 Å². The number of esters is 1. The molecule has 6 nitrogen and oxygen atoms in total. The van der Waals surface area contributed by atoms with Crippen molar-refractivity contribution in [2.45, 2.75) is 25.4 Å². The second-order valence-corrected chi connectivity index (χ2v) is 5.11. The molecule has 0 radical (unpaired) electrons. The van der Waals surface area contributed by atoms with Crippen molar-refractivity contribution in [1.82, 2.24) is 10.6 Å². The van der Waals surface area contributed by atoms with Crippen LogP contribution in [0.5, 0.6) is 0 Å². The molecule has 0 saturated carbocycles. The Labute approximate surface area is 126 Å². The first-order valence-corrected chi connectivity index (χ1v) is 6.89. The molecule has 1 aliphatic rings. The van der Waals surface area contributed by atoms with Crippen LogP contribution in [0.2, 0.25) is 5.02 Å². The zero-order chi connectivity index (χ0) is 15.2. The van der Waals surface area contributed by atoms with Gasteiger partial charge in [0, 0.05) is 18.0 Å². The van der Waals surface area contributed by atoms with Gasteiger partial charge in [0.2, 0.25) is 5.91 Å². The maximum atomic E-state index is 11.6. The van der Waals surface area contributed by atoms with Crippen molar-refractivity contribution < 1.29 is 19.1 Å². The first-order valence-electron chi connectivity index (χ1n) is 6.52. The highest BCUT2D eigenvalue weighted by atomic mass is 35.5. The van der Waals surface area contributed by atoms with Gasteiger partial charge in [-0.05, 0) is 24.1 Å². The van der Waals surface area contributed by atoms with Crippen LogP contribution in [0.25, 0.3) is 0 Å². The molecule has 2 rings (SSSR count). The maximum Gasteiger partial charge on any atom is 0.329 e. The van der Waals surface area contributed by atoms with Gasteiger partial charge in [0.25, 0.3) is 5.91 Å². The maximum absolute atomic E-state index is 11.6. The predicted molar refractivity (Wildman–Crippen MR) is 75.4 cm³/mol. The van der Waals surface area contributed by atoms with Gasteiger partial charge >= 0.3 is 5.97 Å². The van der Waals surface area contributed by atoms with E-state index in [1.807, 2.05) is 0 Å². The first kappa shape index (κ1) is 15.3. The van der Waals surface area contributed by atoms with Gasteiger partial charge in [-0.1, -0.05) is 23.7 Å². The highest BCUT2D eigenvalue weighted by Crippen LogP contribution is 2.09. The molecule has 112 valence electrons. The van der Waals surface area contributed by atoms with Crippen molar-refractivity contribution in [3.63, 3.8) is 0 Å². The number of amides is 2. The fourth-order valence-electron chi connectivity index (χ4n) is 1.88. The first-order chi connectivity index (χ1) is 10.0. The van der Waals surface area contributed by atoms with Crippen LogP contribution in [0.4, 0.5) is 0 Å². The number of hydrogen-bond donors (Lipinski definition) is 2. The van der Waals surface area contributed by atoms with Crippen molar-refractivity contribution in [3.8, 4) is 0 Å². The molecule has 1 aromatic rings. The monoisotopic (exact) mass is 310 g/mol. The summed E-state index contributed by atoms with van der Waals surface area (Å²) >= 11 is 5.76. The zero-order valence-corrected chi connectivity index (χ0v) is 12.0. The zero-order valence-electron chi connectivity index (χ0n) is 11.2. The van der Waals surface area contributed by atoms with Crippen molar-refractivity contribution in [3.05, 3.63) is 34.9 Å². The Hall–Kier alpha value is -2.08. The van der Waals surface area contributed by atoms with Crippen LogP contribution >= 0.6 is 11.6 Å². The molecule has 7 heteroatoms. The van der Waals surface area contributed by atoms with Crippen molar-refractivity contribution in [2.75, 3.05) is 6.61 Å². The number of benzene rings is 1. The minimum Gasteiger partial charge on any atom is -0.454 e. The number of nitrogens with one attached hydrogen (secondary N) is 2. The fraction of sp³-hybridized carbons (Fsp3) is 0.357. The summed E-state index contributed by atoms with van der Waals surface area (Å²) < 4.78 is 4.86. The summed E-state index contributed by atoms with van der Waals surface area (Å²) in [6.07, 6.45) is 0.715. The number of ether oxygens (including phenoxy) is 1. The lowest BCUT2D eigenvalue weighted by atomic mass is 10.2. The Morgan fingerprint density at radius 1 is 1.33 bits per heavy atom. The normalized spacial score (nSPS) is 17.2. The molecular weight excluding hydrogens is 296 g/mol. The Morgan fingerprint density at radius 2 is 2.05 bits per heavy atom. The second kappa shape index (κ2) is 7.08. The largest absolute Gasteiger partial charge is 0.454 e. The molecule has 1 aliphatic heterocycles. The molecular formula is C14H15ClN2O4. The van der Waals surface area contributed by atoms with E-state index in [2.05, 4.69) is 10.6 Å². The van der Waals surface area contributed by atoms with Gasteiger partial charge in [-0.2, -0.15) is 0 Å². The van der Waals surface area contributed by atoms with E-state index in [0.29, 0.717) is 24.4 Å². The highest BCUT2D eigenvalue weighted by molar-refractivity contribution is 6.30. The standard InChI is InChI=1S/C14H15ClN2O4/c15-10-3-1-9(2-4-10)7-16-13(19)8-21-14(20)11-5-6-12(18)17-11/h1-4,11H,5-8H2,(H,16,19)(H,17,18). The van der Waals surface area contributed by atoms with Gasteiger partial charge in [-0.25, -0.2) is 4.79 Å². The molecule has 0 bridgehead atoms. The van der Waals surface area contributed by atoms with Crippen LogP contribution in [0, 0.1) is 0 Å². The van der Waals surface area contributed by atoms with Crippen molar-refractivity contribution in [1.29, 1.82) is 0 Å². The summed E-state index contributed by atoms with van der Waals surface area (Å²) in [6.45, 7) is -0.0352. The topological polar surface area (TPSA) is 84.5 Å².